The summed E-state index contributed by atoms with van der Waals surface area (Å²) in [5, 5.41) is 10.6. The molecule has 1 saturated carbocycles. The summed E-state index contributed by atoms with van der Waals surface area (Å²) >= 11 is 6.51. The number of aromatic nitrogens is 3. The van der Waals surface area contributed by atoms with Gasteiger partial charge in [0, 0.05) is 12.6 Å². The molecule has 5 nitrogen and oxygen atoms in total. The maximum Gasteiger partial charge on any atom is 0.181 e. The molecule has 0 amide bonds. The molecule has 0 radical (unpaired) electrons. The molecule has 0 unspecified atom stereocenters. The van der Waals surface area contributed by atoms with Gasteiger partial charge in [-0.3, -0.25) is 9.41 Å². The molecule has 0 aliphatic heterocycles. The van der Waals surface area contributed by atoms with Crippen LogP contribution >= 0.6 is 11.6 Å². The van der Waals surface area contributed by atoms with Crippen molar-refractivity contribution in [3.05, 3.63) is 53.4 Å². The molecule has 1 fully saturated rings. The van der Waals surface area contributed by atoms with Gasteiger partial charge in [0.05, 0.1) is 11.4 Å². The Kier molecular flexibility index (Phi) is 3.24. The van der Waals surface area contributed by atoms with E-state index >= 15 is 0 Å². The number of halogens is 1. The zero-order chi connectivity index (χ0) is 15.1. The second-order valence-corrected chi connectivity index (χ2v) is 6.06. The highest BCUT2D eigenvalue weighted by atomic mass is 35.5. The Labute approximate surface area is 133 Å². The highest BCUT2D eigenvalue weighted by molar-refractivity contribution is 6.36. The van der Waals surface area contributed by atoms with Gasteiger partial charge in [-0.2, -0.15) is 0 Å². The second kappa shape index (κ2) is 5.26. The first kappa shape index (κ1) is 13.5. The standard InChI is InChI=1S/C16H16ClN5/c17-15-13(22(18)12-4-2-1-3-5-12)8-9-21-14(10-11-6-7-11)19-20-16(15)21/h1-5,8-9,11H,6-7,10,18H2. The van der Waals surface area contributed by atoms with Gasteiger partial charge in [-0.1, -0.05) is 29.8 Å². The Morgan fingerprint density at radius 1 is 1.18 bits per heavy atom. The van der Waals surface area contributed by atoms with Gasteiger partial charge in [0.25, 0.3) is 0 Å². The Morgan fingerprint density at radius 2 is 1.95 bits per heavy atom. The molecule has 4 rings (SSSR count). The van der Waals surface area contributed by atoms with Gasteiger partial charge in [-0.15, -0.1) is 10.2 Å². The smallest absolute Gasteiger partial charge is 0.181 e. The van der Waals surface area contributed by atoms with Crippen LogP contribution in [0.15, 0.2) is 42.6 Å². The van der Waals surface area contributed by atoms with Gasteiger partial charge in [0.1, 0.15) is 10.8 Å². The molecule has 1 aromatic carbocycles. The van der Waals surface area contributed by atoms with Crippen molar-refractivity contribution in [3.63, 3.8) is 0 Å². The SMILES string of the molecule is NN(c1ccccc1)c1ccn2c(CC3CC3)nnc2c1Cl. The summed E-state index contributed by atoms with van der Waals surface area (Å²) in [7, 11) is 0. The van der Waals surface area contributed by atoms with Crippen LogP contribution in [-0.2, 0) is 6.42 Å². The van der Waals surface area contributed by atoms with Gasteiger partial charge in [0.2, 0.25) is 0 Å². The van der Waals surface area contributed by atoms with E-state index in [9.17, 15) is 0 Å². The molecule has 112 valence electrons. The maximum absolute atomic E-state index is 6.51. The monoisotopic (exact) mass is 313 g/mol. The molecule has 1 aliphatic rings. The van der Waals surface area contributed by atoms with E-state index in [1.54, 1.807) is 5.01 Å². The van der Waals surface area contributed by atoms with Gasteiger partial charge in [-0.25, -0.2) is 5.84 Å². The summed E-state index contributed by atoms with van der Waals surface area (Å²) in [6.45, 7) is 0. The third kappa shape index (κ3) is 2.32. The van der Waals surface area contributed by atoms with Crippen LogP contribution in [-0.4, -0.2) is 14.6 Å². The highest BCUT2D eigenvalue weighted by Crippen LogP contribution is 2.35. The molecule has 0 atom stereocenters. The number of benzene rings is 1. The van der Waals surface area contributed by atoms with Crippen molar-refractivity contribution in [3.8, 4) is 0 Å². The molecule has 0 saturated heterocycles. The summed E-state index contributed by atoms with van der Waals surface area (Å²) in [6.07, 6.45) is 5.47. The number of hydrogen-bond acceptors (Lipinski definition) is 4. The average molecular weight is 314 g/mol. The Morgan fingerprint density at radius 3 is 2.68 bits per heavy atom. The van der Waals surface area contributed by atoms with E-state index in [1.807, 2.05) is 47.0 Å². The fraction of sp³-hybridized carbons (Fsp3) is 0.250. The van der Waals surface area contributed by atoms with Crippen molar-refractivity contribution < 1.29 is 0 Å². The van der Waals surface area contributed by atoms with E-state index in [0.717, 1.165) is 23.9 Å². The van der Waals surface area contributed by atoms with Crippen LogP contribution in [0, 0.1) is 5.92 Å². The first-order valence-electron chi connectivity index (χ1n) is 7.36. The quantitative estimate of drug-likeness (QED) is 0.593. The molecular formula is C16H16ClN5. The first-order valence-corrected chi connectivity index (χ1v) is 7.74. The third-order valence-electron chi connectivity index (χ3n) is 4.03. The number of anilines is 2. The van der Waals surface area contributed by atoms with Crippen molar-refractivity contribution in [1.82, 2.24) is 14.6 Å². The Balaban J connectivity index is 1.74. The summed E-state index contributed by atoms with van der Waals surface area (Å²) < 4.78 is 1.96. The fourth-order valence-electron chi connectivity index (χ4n) is 2.60. The van der Waals surface area contributed by atoms with Crippen molar-refractivity contribution >= 4 is 28.6 Å². The van der Waals surface area contributed by atoms with Crippen LogP contribution < -0.4 is 10.9 Å². The van der Waals surface area contributed by atoms with E-state index in [-0.39, 0.29) is 0 Å². The van der Waals surface area contributed by atoms with Crippen LogP contribution in [0.5, 0.6) is 0 Å². The van der Waals surface area contributed by atoms with Crippen LogP contribution in [0.3, 0.4) is 0 Å². The predicted octanol–water partition coefficient (Wildman–Crippen LogP) is 3.35. The molecule has 0 bridgehead atoms. The van der Waals surface area contributed by atoms with Crippen LogP contribution in [0.4, 0.5) is 11.4 Å². The van der Waals surface area contributed by atoms with Crippen LogP contribution in [0.1, 0.15) is 18.7 Å². The molecule has 6 heteroatoms. The molecule has 1 aliphatic carbocycles. The molecular weight excluding hydrogens is 298 g/mol. The molecule has 22 heavy (non-hydrogen) atoms. The normalized spacial score (nSPS) is 14.5. The highest BCUT2D eigenvalue weighted by Gasteiger charge is 2.25. The largest absolute Gasteiger partial charge is 0.285 e. The number of hydrazine groups is 1. The number of fused-ring (bicyclic) bond motifs is 1. The molecule has 2 aromatic heterocycles. The predicted molar refractivity (Wildman–Crippen MR) is 87.2 cm³/mol. The van der Waals surface area contributed by atoms with E-state index in [1.165, 1.54) is 12.8 Å². The summed E-state index contributed by atoms with van der Waals surface area (Å²) in [6, 6.07) is 11.6. The zero-order valence-corrected chi connectivity index (χ0v) is 12.7. The zero-order valence-electron chi connectivity index (χ0n) is 12.0. The number of pyridine rings is 1. The minimum absolute atomic E-state index is 0.517. The Bertz CT molecular complexity index is 810. The minimum atomic E-state index is 0.517. The third-order valence-corrected chi connectivity index (χ3v) is 4.39. The van der Waals surface area contributed by atoms with Gasteiger partial charge < -0.3 is 0 Å². The molecule has 2 heterocycles. The van der Waals surface area contributed by atoms with Crippen LogP contribution in [0.2, 0.25) is 5.02 Å². The van der Waals surface area contributed by atoms with Crippen molar-refractivity contribution in [2.75, 3.05) is 5.01 Å². The average Bonchev–Trinajstić information content (AvgIpc) is 3.27. The number of rotatable bonds is 4. The van der Waals surface area contributed by atoms with Crippen molar-refractivity contribution in [1.29, 1.82) is 0 Å². The second-order valence-electron chi connectivity index (χ2n) is 5.68. The first-order chi connectivity index (χ1) is 10.7. The maximum atomic E-state index is 6.51. The van der Waals surface area contributed by atoms with Crippen molar-refractivity contribution in [2.45, 2.75) is 19.3 Å². The number of nitrogens with zero attached hydrogens (tertiary/aromatic N) is 4. The minimum Gasteiger partial charge on any atom is -0.285 e. The lowest BCUT2D eigenvalue weighted by atomic mass is 10.2. The lowest BCUT2D eigenvalue weighted by Crippen LogP contribution is -2.25. The lowest BCUT2D eigenvalue weighted by Gasteiger charge is -2.20. The molecule has 0 spiro atoms. The summed E-state index contributed by atoms with van der Waals surface area (Å²) in [4.78, 5) is 0. The van der Waals surface area contributed by atoms with Gasteiger partial charge in [0.15, 0.2) is 5.65 Å². The van der Waals surface area contributed by atoms with Gasteiger partial charge >= 0.3 is 0 Å². The molecule has 2 N–H and O–H groups in total. The fourth-order valence-corrected chi connectivity index (χ4v) is 2.88. The van der Waals surface area contributed by atoms with E-state index in [4.69, 9.17) is 17.4 Å². The summed E-state index contributed by atoms with van der Waals surface area (Å²) in [5.41, 5.74) is 2.23. The van der Waals surface area contributed by atoms with Crippen molar-refractivity contribution in [2.24, 2.45) is 11.8 Å². The Hall–Kier alpha value is -2.11. The lowest BCUT2D eigenvalue weighted by molar-refractivity contribution is 0.758. The van der Waals surface area contributed by atoms with Crippen LogP contribution in [0.25, 0.3) is 5.65 Å². The summed E-state index contributed by atoms with van der Waals surface area (Å²) in [5.74, 6) is 7.92. The number of hydrogen-bond donors (Lipinski definition) is 1. The van der Waals surface area contributed by atoms with E-state index in [2.05, 4.69) is 10.2 Å². The number of nitrogens with two attached hydrogens (primary N) is 1. The topological polar surface area (TPSA) is 59.5 Å². The number of para-hydroxylation sites is 1. The molecule has 3 aromatic rings. The van der Waals surface area contributed by atoms with E-state index in [0.29, 0.717) is 16.4 Å². The van der Waals surface area contributed by atoms with Gasteiger partial charge in [-0.05, 0) is 37.0 Å². The van der Waals surface area contributed by atoms with E-state index < -0.39 is 0 Å².